The van der Waals surface area contributed by atoms with Crippen LogP contribution in [-0.4, -0.2) is 38.8 Å². The van der Waals surface area contributed by atoms with Crippen molar-refractivity contribution in [2.75, 3.05) is 18.4 Å². The number of hydrogen-bond donors (Lipinski definition) is 1. The van der Waals surface area contributed by atoms with Gasteiger partial charge in [0.05, 0.1) is 11.9 Å². The van der Waals surface area contributed by atoms with Gasteiger partial charge in [0.1, 0.15) is 0 Å². The number of hydrogen-bond acceptors (Lipinski definition) is 3. The zero-order valence-corrected chi connectivity index (χ0v) is 13.7. The molecule has 2 amide bonds. The smallest absolute Gasteiger partial charge is 0.321 e. The average molecular weight is 333 g/mol. The minimum Gasteiger partial charge on any atom is -0.324 e. The summed E-state index contributed by atoms with van der Waals surface area (Å²) in [5, 5.41) is 7.06. The molecule has 1 atom stereocenters. The molecule has 25 heavy (non-hydrogen) atoms. The number of carbonyl (C=O) groups excluding carboxylic acids is 1. The van der Waals surface area contributed by atoms with E-state index in [4.69, 9.17) is 0 Å². The Hall–Kier alpha value is -3.15. The van der Waals surface area contributed by atoms with Gasteiger partial charge in [0.25, 0.3) is 0 Å². The molecule has 6 heteroatoms. The lowest BCUT2D eigenvalue weighted by Gasteiger charge is -2.17. The largest absolute Gasteiger partial charge is 0.324 e. The Morgan fingerprint density at radius 2 is 2.00 bits per heavy atom. The molecule has 3 heterocycles. The Bertz CT molecular complexity index is 830. The summed E-state index contributed by atoms with van der Waals surface area (Å²) in [5.41, 5.74) is 1.98. The van der Waals surface area contributed by atoms with Gasteiger partial charge in [0.2, 0.25) is 0 Å². The first-order valence-corrected chi connectivity index (χ1v) is 8.36. The van der Waals surface area contributed by atoms with E-state index in [2.05, 4.69) is 27.5 Å². The molecule has 0 radical (unpaired) electrons. The lowest BCUT2D eigenvalue weighted by Crippen LogP contribution is -2.32. The number of nitrogens with one attached hydrogen (secondary N) is 1. The van der Waals surface area contributed by atoms with E-state index in [-0.39, 0.29) is 6.03 Å². The van der Waals surface area contributed by atoms with Crippen molar-refractivity contribution in [3.05, 3.63) is 72.7 Å². The van der Waals surface area contributed by atoms with E-state index < -0.39 is 0 Å². The molecule has 0 saturated carbocycles. The number of pyridine rings is 1. The third-order valence-corrected chi connectivity index (χ3v) is 4.48. The predicted molar refractivity (Wildman–Crippen MR) is 95.8 cm³/mol. The molecule has 1 fully saturated rings. The molecule has 4 rings (SSSR count). The van der Waals surface area contributed by atoms with Gasteiger partial charge in [-0.05, 0) is 30.2 Å². The molecule has 1 aliphatic rings. The number of likely N-dealkylation sites (tertiary alicyclic amines) is 1. The van der Waals surface area contributed by atoms with Crippen LogP contribution in [0.15, 0.2) is 67.1 Å². The van der Waals surface area contributed by atoms with Gasteiger partial charge in [-0.1, -0.05) is 30.3 Å². The summed E-state index contributed by atoms with van der Waals surface area (Å²) in [6.07, 6.45) is 6.18. The Morgan fingerprint density at radius 1 is 1.12 bits per heavy atom. The molecule has 1 aromatic carbocycles. The van der Waals surface area contributed by atoms with Gasteiger partial charge in [-0.15, -0.1) is 0 Å². The third-order valence-electron chi connectivity index (χ3n) is 4.48. The first-order valence-electron chi connectivity index (χ1n) is 8.36. The average Bonchev–Trinajstić information content (AvgIpc) is 3.35. The second-order valence-corrected chi connectivity index (χ2v) is 6.13. The minimum absolute atomic E-state index is 0.0768. The topological polar surface area (TPSA) is 63.1 Å². The molecule has 0 aliphatic carbocycles. The molecular formula is C19H19N5O. The second-order valence-electron chi connectivity index (χ2n) is 6.13. The maximum Gasteiger partial charge on any atom is 0.321 e. The summed E-state index contributed by atoms with van der Waals surface area (Å²) < 4.78 is 1.68. The van der Waals surface area contributed by atoms with Gasteiger partial charge >= 0.3 is 6.03 Å². The summed E-state index contributed by atoms with van der Waals surface area (Å²) in [6, 6.07) is 15.8. The fraction of sp³-hybridized carbons (Fsp3) is 0.211. The molecule has 1 saturated heterocycles. The predicted octanol–water partition coefficient (Wildman–Crippen LogP) is 3.29. The molecule has 2 aromatic heterocycles. The van der Waals surface area contributed by atoms with E-state index in [0.717, 1.165) is 19.5 Å². The van der Waals surface area contributed by atoms with Crippen molar-refractivity contribution in [2.45, 2.75) is 12.3 Å². The van der Waals surface area contributed by atoms with E-state index in [0.29, 0.717) is 17.4 Å². The molecule has 3 aromatic rings. The van der Waals surface area contributed by atoms with Crippen molar-refractivity contribution >= 4 is 11.7 Å². The van der Waals surface area contributed by atoms with E-state index in [1.807, 2.05) is 47.5 Å². The normalized spacial score (nSPS) is 16.8. The number of amides is 2. The van der Waals surface area contributed by atoms with Crippen LogP contribution in [0, 0.1) is 0 Å². The number of anilines is 1. The zero-order chi connectivity index (χ0) is 17.1. The first kappa shape index (κ1) is 15.4. The summed E-state index contributed by atoms with van der Waals surface area (Å²) in [7, 11) is 0. The SMILES string of the molecule is O=C(Nc1ccc(-n2cccn2)nc1)N1CC[C@H](c2ccccc2)C1. The number of urea groups is 1. The minimum atomic E-state index is -0.0768. The Labute approximate surface area is 146 Å². The molecular weight excluding hydrogens is 314 g/mol. The number of aromatic nitrogens is 3. The summed E-state index contributed by atoms with van der Waals surface area (Å²) in [6.45, 7) is 1.51. The first-order chi connectivity index (χ1) is 12.3. The van der Waals surface area contributed by atoms with Crippen LogP contribution in [0.5, 0.6) is 0 Å². The highest BCUT2D eigenvalue weighted by atomic mass is 16.2. The number of benzene rings is 1. The fourth-order valence-electron chi connectivity index (χ4n) is 3.14. The van der Waals surface area contributed by atoms with Gasteiger partial charge in [0, 0.05) is 31.4 Å². The van der Waals surface area contributed by atoms with Gasteiger partial charge < -0.3 is 10.2 Å². The highest BCUT2D eigenvalue weighted by Crippen LogP contribution is 2.27. The highest BCUT2D eigenvalue weighted by molar-refractivity contribution is 5.89. The van der Waals surface area contributed by atoms with E-state index >= 15 is 0 Å². The van der Waals surface area contributed by atoms with Crippen molar-refractivity contribution < 1.29 is 4.79 Å². The molecule has 0 bridgehead atoms. The van der Waals surface area contributed by atoms with Gasteiger partial charge in [-0.25, -0.2) is 14.5 Å². The summed E-state index contributed by atoms with van der Waals surface area (Å²) >= 11 is 0. The van der Waals surface area contributed by atoms with Crippen molar-refractivity contribution in [2.24, 2.45) is 0 Å². The maximum atomic E-state index is 12.5. The van der Waals surface area contributed by atoms with Crippen molar-refractivity contribution in [3.8, 4) is 5.82 Å². The third kappa shape index (κ3) is 3.38. The van der Waals surface area contributed by atoms with Crippen molar-refractivity contribution in [1.82, 2.24) is 19.7 Å². The zero-order valence-electron chi connectivity index (χ0n) is 13.7. The van der Waals surface area contributed by atoms with Crippen LogP contribution < -0.4 is 5.32 Å². The Kier molecular flexibility index (Phi) is 4.16. The van der Waals surface area contributed by atoms with E-state index in [1.54, 1.807) is 17.1 Å². The molecule has 6 nitrogen and oxygen atoms in total. The van der Waals surface area contributed by atoms with E-state index in [1.165, 1.54) is 5.56 Å². The van der Waals surface area contributed by atoms with Crippen molar-refractivity contribution in [1.29, 1.82) is 0 Å². The van der Waals surface area contributed by atoms with Gasteiger partial charge in [0.15, 0.2) is 5.82 Å². The molecule has 0 spiro atoms. The van der Waals surface area contributed by atoms with Crippen molar-refractivity contribution in [3.63, 3.8) is 0 Å². The highest BCUT2D eigenvalue weighted by Gasteiger charge is 2.27. The molecule has 1 aliphatic heterocycles. The van der Waals surface area contributed by atoms with Crippen LogP contribution in [0.4, 0.5) is 10.5 Å². The van der Waals surface area contributed by atoms with Crippen LogP contribution in [-0.2, 0) is 0 Å². The standard InChI is InChI=1S/C19H19N5O/c25-19(23-12-9-16(14-23)15-5-2-1-3-6-15)22-17-7-8-18(20-13-17)24-11-4-10-21-24/h1-8,10-11,13,16H,9,12,14H2,(H,22,25)/t16-/m0/s1. The Morgan fingerprint density at radius 3 is 2.72 bits per heavy atom. The number of carbonyl (C=O) groups is 1. The van der Waals surface area contributed by atoms with E-state index in [9.17, 15) is 4.79 Å². The van der Waals surface area contributed by atoms with Gasteiger partial charge in [-0.3, -0.25) is 0 Å². The Balaban J connectivity index is 1.38. The number of rotatable bonds is 3. The van der Waals surface area contributed by atoms with Crippen LogP contribution in [0.3, 0.4) is 0 Å². The monoisotopic (exact) mass is 333 g/mol. The lowest BCUT2D eigenvalue weighted by atomic mass is 9.99. The molecule has 0 unspecified atom stereocenters. The maximum absolute atomic E-state index is 12.5. The summed E-state index contributed by atoms with van der Waals surface area (Å²) in [4.78, 5) is 18.7. The van der Waals surface area contributed by atoms with Crippen LogP contribution in [0.1, 0.15) is 17.9 Å². The molecule has 1 N–H and O–H groups in total. The van der Waals surface area contributed by atoms with Crippen LogP contribution in [0.25, 0.3) is 5.82 Å². The molecule has 126 valence electrons. The number of nitrogens with zero attached hydrogens (tertiary/aromatic N) is 4. The second kappa shape index (κ2) is 6.76. The van der Waals surface area contributed by atoms with Crippen LogP contribution in [0.2, 0.25) is 0 Å². The summed E-state index contributed by atoms with van der Waals surface area (Å²) in [5.74, 6) is 1.13. The lowest BCUT2D eigenvalue weighted by molar-refractivity contribution is 0.222. The van der Waals surface area contributed by atoms with Gasteiger partial charge in [-0.2, -0.15) is 5.10 Å². The quantitative estimate of drug-likeness (QED) is 0.800. The fourth-order valence-corrected chi connectivity index (χ4v) is 3.14. The van der Waals surface area contributed by atoms with Crippen LogP contribution >= 0.6 is 0 Å².